The van der Waals surface area contributed by atoms with E-state index in [0.29, 0.717) is 5.02 Å². The van der Waals surface area contributed by atoms with E-state index in [4.69, 9.17) is 11.6 Å². The number of hydrogen-bond acceptors (Lipinski definition) is 2. The minimum Gasteiger partial charge on any atom is -0.325 e. The Kier molecular flexibility index (Phi) is 5.50. The summed E-state index contributed by atoms with van der Waals surface area (Å²) in [6.45, 7) is 2.09. The van der Waals surface area contributed by atoms with Crippen molar-refractivity contribution in [3.8, 4) is 0 Å². The van der Waals surface area contributed by atoms with Gasteiger partial charge < -0.3 is 5.32 Å². The predicted octanol–water partition coefficient (Wildman–Crippen LogP) is 4.63. The molecular formula is C16H16ClNOS. The second-order valence-corrected chi connectivity index (χ2v) is 5.96. The summed E-state index contributed by atoms with van der Waals surface area (Å²) in [6, 6.07) is 15.2. The highest BCUT2D eigenvalue weighted by Gasteiger charge is 2.09. The van der Waals surface area contributed by atoms with E-state index in [1.54, 1.807) is 17.8 Å². The highest BCUT2D eigenvalue weighted by Crippen LogP contribution is 2.27. The number of rotatable bonds is 5. The van der Waals surface area contributed by atoms with Gasteiger partial charge in [-0.05, 0) is 29.5 Å². The lowest BCUT2D eigenvalue weighted by Gasteiger charge is -2.10. The number of para-hydroxylation sites is 1. The molecule has 1 amide bonds. The topological polar surface area (TPSA) is 29.1 Å². The van der Waals surface area contributed by atoms with Crippen LogP contribution >= 0.6 is 23.4 Å². The van der Waals surface area contributed by atoms with Gasteiger partial charge in [0.2, 0.25) is 5.91 Å². The van der Waals surface area contributed by atoms with Crippen LogP contribution in [0.25, 0.3) is 0 Å². The molecule has 0 aromatic heterocycles. The first kappa shape index (κ1) is 14.9. The van der Waals surface area contributed by atoms with Crippen molar-refractivity contribution in [3.05, 3.63) is 59.1 Å². The molecule has 20 heavy (non-hydrogen) atoms. The van der Waals surface area contributed by atoms with Crippen LogP contribution in [0.15, 0.2) is 53.4 Å². The van der Waals surface area contributed by atoms with Crippen LogP contribution in [-0.4, -0.2) is 11.7 Å². The van der Waals surface area contributed by atoms with E-state index in [-0.39, 0.29) is 12.3 Å². The third-order valence-electron chi connectivity index (χ3n) is 2.77. The van der Waals surface area contributed by atoms with Gasteiger partial charge in [-0.3, -0.25) is 4.79 Å². The molecule has 2 nitrogen and oxygen atoms in total. The zero-order chi connectivity index (χ0) is 14.4. The van der Waals surface area contributed by atoms with Crippen LogP contribution in [0.5, 0.6) is 0 Å². The number of carbonyl (C=O) groups excluding carboxylic acids is 1. The molecule has 2 aromatic rings. The molecule has 2 rings (SSSR count). The smallest absolute Gasteiger partial charge is 0.228 e. The molecule has 0 radical (unpaired) electrons. The molecule has 4 heteroatoms. The molecule has 104 valence electrons. The first-order valence-electron chi connectivity index (χ1n) is 6.45. The Balaban J connectivity index is 2.07. The van der Waals surface area contributed by atoms with Gasteiger partial charge in [-0.1, -0.05) is 48.9 Å². The quantitative estimate of drug-likeness (QED) is 0.816. The maximum absolute atomic E-state index is 12.1. The van der Waals surface area contributed by atoms with Crippen LogP contribution in [0.3, 0.4) is 0 Å². The molecule has 2 aromatic carbocycles. The molecule has 0 aliphatic rings. The number of hydrogen-bond donors (Lipinski definition) is 1. The standard InChI is InChI=1S/C16H16ClNOS/c1-2-20-15-10-6-5-9-14(15)18-16(19)11-12-7-3-4-8-13(12)17/h3-10H,2,11H2,1H3,(H,18,19). The van der Waals surface area contributed by atoms with Crippen LogP contribution < -0.4 is 5.32 Å². The molecule has 0 bridgehead atoms. The first-order valence-corrected chi connectivity index (χ1v) is 7.82. The molecule has 0 heterocycles. The van der Waals surface area contributed by atoms with E-state index in [1.807, 2.05) is 42.5 Å². The lowest BCUT2D eigenvalue weighted by Crippen LogP contribution is -2.15. The van der Waals surface area contributed by atoms with E-state index in [9.17, 15) is 4.79 Å². The first-order chi connectivity index (χ1) is 9.70. The SMILES string of the molecule is CCSc1ccccc1NC(=O)Cc1ccccc1Cl. The van der Waals surface area contributed by atoms with Crippen molar-refractivity contribution in [1.29, 1.82) is 0 Å². The summed E-state index contributed by atoms with van der Waals surface area (Å²) in [5.41, 5.74) is 1.70. The molecule has 0 spiro atoms. The summed E-state index contributed by atoms with van der Waals surface area (Å²) < 4.78 is 0. The van der Waals surface area contributed by atoms with Crippen molar-refractivity contribution in [2.75, 3.05) is 11.1 Å². The van der Waals surface area contributed by atoms with Crippen molar-refractivity contribution >= 4 is 35.0 Å². The van der Waals surface area contributed by atoms with Gasteiger partial charge in [-0.25, -0.2) is 0 Å². The van der Waals surface area contributed by atoms with Gasteiger partial charge in [0.15, 0.2) is 0 Å². The third kappa shape index (κ3) is 4.02. The highest BCUT2D eigenvalue weighted by molar-refractivity contribution is 7.99. The number of amides is 1. The van der Waals surface area contributed by atoms with Crippen molar-refractivity contribution in [2.24, 2.45) is 0 Å². The van der Waals surface area contributed by atoms with Crippen molar-refractivity contribution in [3.63, 3.8) is 0 Å². The van der Waals surface area contributed by atoms with Crippen LogP contribution in [0.2, 0.25) is 5.02 Å². The number of thioether (sulfide) groups is 1. The fourth-order valence-electron chi connectivity index (χ4n) is 1.86. The Hall–Kier alpha value is -1.45. The van der Waals surface area contributed by atoms with Crippen LogP contribution in [0.1, 0.15) is 12.5 Å². The molecule has 0 aliphatic heterocycles. The number of anilines is 1. The number of benzene rings is 2. The Labute approximate surface area is 128 Å². The van der Waals surface area contributed by atoms with Gasteiger partial charge in [0, 0.05) is 9.92 Å². The fraction of sp³-hybridized carbons (Fsp3) is 0.188. The molecule has 0 saturated heterocycles. The fourth-order valence-corrected chi connectivity index (χ4v) is 2.82. The Morgan fingerprint density at radius 3 is 2.60 bits per heavy atom. The number of nitrogens with one attached hydrogen (secondary N) is 1. The van der Waals surface area contributed by atoms with E-state index in [2.05, 4.69) is 12.2 Å². The minimum atomic E-state index is -0.0535. The molecule has 0 fully saturated rings. The van der Waals surface area contributed by atoms with Gasteiger partial charge in [0.25, 0.3) is 0 Å². The van der Waals surface area contributed by atoms with Crippen molar-refractivity contribution < 1.29 is 4.79 Å². The number of carbonyl (C=O) groups is 1. The third-order valence-corrected chi connectivity index (χ3v) is 4.09. The molecule has 0 aliphatic carbocycles. The maximum Gasteiger partial charge on any atom is 0.228 e. The van der Waals surface area contributed by atoms with Gasteiger partial charge >= 0.3 is 0 Å². The maximum atomic E-state index is 12.1. The van der Waals surface area contributed by atoms with Gasteiger partial charge in [-0.2, -0.15) is 0 Å². The van der Waals surface area contributed by atoms with Crippen molar-refractivity contribution in [2.45, 2.75) is 18.2 Å². The Bertz CT molecular complexity index is 601. The predicted molar refractivity (Wildman–Crippen MR) is 86.6 cm³/mol. The number of halogens is 1. The molecule has 1 N–H and O–H groups in total. The lowest BCUT2D eigenvalue weighted by molar-refractivity contribution is -0.115. The average molecular weight is 306 g/mol. The normalized spacial score (nSPS) is 10.3. The monoisotopic (exact) mass is 305 g/mol. The van der Waals surface area contributed by atoms with E-state index >= 15 is 0 Å². The van der Waals surface area contributed by atoms with Gasteiger partial charge in [-0.15, -0.1) is 11.8 Å². The van der Waals surface area contributed by atoms with Gasteiger partial charge in [0.1, 0.15) is 0 Å². The zero-order valence-corrected chi connectivity index (χ0v) is 12.8. The Morgan fingerprint density at radius 2 is 1.85 bits per heavy atom. The van der Waals surface area contributed by atoms with E-state index in [1.165, 1.54) is 0 Å². The highest BCUT2D eigenvalue weighted by atomic mass is 35.5. The summed E-state index contributed by atoms with van der Waals surface area (Å²) in [5, 5.41) is 3.58. The molecule has 0 saturated carbocycles. The summed E-state index contributed by atoms with van der Waals surface area (Å²) in [4.78, 5) is 13.2. The Morgan fingerprint density at radius 1 is 1.15 bits per heavy atom. The van der Waals surface area contributed by atoms with E-state index < -0.39 is 0 Å². The largest absolute Gasteiger partial charge is 0.325 e. The van der Waals surface area contributed by atoms with E-state index in [0.717, 1.165) is 21.9 Å². The van der Waals surface area contributed by atoms with Crippen LogP contribution in [0.4, 0.5) is 5.69 Å². The second kappa shape index (κ2) is 7.36. The summed E-state index contributed by atoms with van der Waals surface area (Å²) in [6.07, 6.45) is 0.283. The second-order valence-electron chi connectivity index (χ2n) is 4.25. The molecule has 0 unspecified atom stereocenters. The van der Waals surface area contributed by atoms with Crippen LogP contribution in [0, 0.1) is 0 Å². The summed E-state index contributed by atoms with van der Waals surface area (Å²) in [5.74, 6) is 0.916. The molecule has 0 atom stereocenters. The summed E-state index contributed by atoms with van der Waals surface area (Å²) in [7, 11) is 0. The lowest BCUT2D eigenvalue weighted by atomic mass is 10.1. The minimum absolute atomic E-state index is 0.0535. The van der Waals surface area contributed by atoms with Gasteiger partial charge in [0.05, 0.1) is 12.1 Å². The van der Waals surface area contributed by atoms with Crippen molar-refractivity contribution in [1.82, 2.24) is 0 Å². The molecular weight excluding hydrogens is 290 g/mol. The summed E-state index contributed by atoms with van der Waals surface area (Å²) >= 11 is 7.78. The zero-order valence-electron chi connectivity index (χ0n) is 11.2. The van der Waals surface area contributed by atoms with Crippen LogP contribution in [-0.2, 0) is 11.2 Å². The average Bonchev–Trinajstić information content (AvgIpc) is 2.44.